The molecule has 0 saturated carbocycles. The number of carbonyl (C=O) groups is 1. The lowest BCUT2D eigenvalue weighted by Gasteiger charge is -2.37. The van der Waals surface area contributed by atoms with Crippen molar-refractivity contribution in [3.8, 4) is 0 Å². The summed E-state index contributed by atoms with van der Waals surface area (Å²) in [7, 11) is 5.31. The number of nitrogens with zero attached hydrogens (tertiary/aromatic N) is 3. The van der Waals surface area contributed by atoms with Crippen LogP contribution in [0.25, 0.3) is 0 Å². The van der Waals surface area contributed by atoms with Gasteiger partial charge in [0.1, 0.15) is 5.56 Å². The second-order valence-electron chi connectivity index (χ2n) is 5.66. The number of hydrogen-bond donors (Lipinski definition) is 0. The summed E-state index contributed by atoms with van der Waals surface area (Å²) >= 11 is 0. The minimum absolute atomic E-state index is 0.00280. The molecule has 7 heteroatoms. The summed E-state index contributed by atoms with van der Waals surface area (Å²) in [5.74, 6) is -0.685. The largest absolute Gasteiger partial charge is 0.465 e. The highest BCUT2D eigenvalue weighted by Crippen LogP contribution is 2.28. The van der Waals surface area contributed by atoms with Crippen LogP contribution < -0.4 is 4.90 Å². The molecule has 0 bridgehead atoms. The molecule has 1 aliphatic heterocycles. The van der Waals surface area contributed by atoms with E-state index in [1.54, 1.807) is 12.1 Å². The van der Waals surface area contributed by atoms with Crippen LogP contribution >= 0.6 is 0 Å². The van der Waals surface area contributed by atoms with Gasteiger partial charge in [0.2, 0.25) is 0 Å². The van der Waals surface area contributed by atoms with Crippen LogP contribution in [0.3, 0.4) is 0 Å². The zero-order valence-electron chi connectivity index (χ0n) is 13.1. The fourth-order valence-electron chi connectivity index (χ4n) is 2.76. The van der Waals surface area contributed by atoms with E-state index in [1.807, 2.05) is 14.1 Å². The molecule has 0 amide bonds. The third-order valence-electron chi connectivity index (χ3n) is 4.07. The maximum absolute atomic E-state index is 11.8. The molecule has 2 rings (SSSR count). The van der Waals surface area contributed by atoms with Gasteiger partial charge in [0.25, 0.3) is 5.69 Å². The number of benzene rings is 1. The van der Waals surface area contributed by atoms with Crippen LogP contribution in [-0.4, -0.2) is 56.1 Å². The molecule has 7 nitrogen and oxygen atoms in total. The summed E-state index contributed by atoms with van der Waals surface area (Å²) in [6, 6.07) is 5.07. The predicted octanol–water partition coefficient (Wildman–Crippen LogP) is 1.91. The number of likely N-dealkylation sites (N-methyl/N-ethyl adjacent to an activating group) is 1. The summed E-state index contributed by atoms with van der Waals surface area (Å²) in [5.41, 5.74) is 0.589. The van der Waals surface area contributed by atoms with Crippen molar-refractivity contribution in [1.82, 2.24) is 4.90 Å². The van der Waals surface area contributed by atoms with E-state index < -0.39 is 10.9 Å². The molecule has 0 aliphatic carbocycles. The van der Waals surface area contributed by atoms with Gasteiger partial charge in [-0.2, -0.15) is 0 Å². The zero-order valence-corrected chi connectivity index (χ0v) is 13.1. The maximum Gasteiger partial charge on any atom is 0.344 e. The Balaban J connectivity index is 2.32. The number of hydrogen-bond acceptors (Lipinski definition) is 6. The van der Waals surface area contributed by atoms with Crippen molar-refractivity contribution in [2.24, 2.45) is 0 Å². The average molecular weight is 307 g/mol. The van der Waals surface area contributed by atoms with Crippen LogP contribution in [0.5, 0.6) is 0 Å². The van der Waals surface area contributed by atoms with Gasteiger partial charge in [-0.15, -0.1) is 0 Å². The van der Waals surface area contributed by atoms with Gasteiger partial charge < -0.3 is 14.5 Å². The molecule has 0 spiro atoms. The fourth-order valence-corrected chi connectivity index (χ4v) is 2.76. The lowest BCUT2D eigenvalue weighted by Crippen LogP contribution is -2.45. The van der Waals surface area contributed by atoms with Crippen molar-refractivity contribution in [3.63, 3.8) is 0 Å². The predicted molar refractivity (Wildman–Crippen MR) is 83.4 cm³/mol. The molecule has 1 aliphatic rings. The van der Waals surface area contributed by atoms with E-state index in [0.717, 1.165) is 31.6 Å². The zero-order chi connectivity index (χ0) is 16.3. The third kappa shape index (κ3) is 3.36. The van der Waals surface area contributed by atoms with E-state index in [9.17, 15) is 14.9 Å². The van der Waals surface area contributed by atoms with E-state index in [0.29, 0.717) is 6.04 Å². The number of methoxy groups -OCH3 is 1. The molecule has 0 aromatic heterocycles. The smallest absolute Gasteiger partial charge is 0.344 e. The van der Waals surface area contributed by atoms with Crippen molar-refractivity contribution >= 4 is 17.3 Å². The Morgan fingerprint density at radius 2 is 2.18 bits per heavy atom. The summed E-state index contributed by atoms with van der Waals surface area (Å²) in [5, 5.41) is 11.0. The van der Waals surface area contributed by atoms with Gasteiger partial charge in [-0.05, 0) is 39.1 Å². The first-order valence-electron chi connectivity index (χ1n) is 7.22. The highest BCUT2D eigenvalue weighted by Gasteiger charge is 2.25. The Morgan fingerprint density at radius 3 is 2.77 bits per heavy atom. The molecule has 22 heavy (non-hydrogen) atoms. The number of nitro benzene ring substituents is 1. The minimum atomic E-state index is -0.685. The third-order valence-corrected chi connectivity index (χ3v) is 4.07. The van der Waals surface area contributed by atoms with Crippen LogP contribution in [0.1, 0.15) is 23.2 Å². The summed E-state index contributed by atoms with van der Waals surface area (Å²) < 4.78 is 4.66. The Hall–Kier alpha value is -2.15. The lowest BCUT2D eigenvalue weighted by molar-refractivity contribution is -0.385. The Labute approximate surface area is 129 Å². The number of nitro groups is 1. The standard InChI is InChI=1S/C15H21N3O4/c1-16(2)12-5-4-8-17(10-12)11-6-7-14(18(20)21)13(9-11)15(19)22-3/h6-7,9,12H,4-5,8,10H2,1-3H3. The van der Waals surface area contributed by atoms with Crippen molar-refractivity contribution in [1.29, 1.82) is 0 Å². The Bertz CT molecular complexity index is 574. The van der Waals surface area contributed by atoms with Crippen LogP contribution in [0, 0.1) is 10.1 Å². The average Bonchev–Trinajstić information content (AvgIpc) is 2.53. The van der Waals surface area contributed by atoms with E-state index in [2.05, 4.69) is 14.5 Å². The SMILES string of the molecule is COC(=O)c1cc(N2CCCC(N(C)C)C2)ccc1[N+](=O)[O-]. The van der Waals surface area contributed by atoms with E-state index in [1.165, 1.54) is 13.2 Å². The first kappa shape index (κ1) is 16.2. The van der Waals surface area contributed by atoms with Crippen molar-refractivity contribution in [2.45, 2.75) is 18.9 Å². The van der Waals surface area contributed by atoms with Crippen molar-refractivity contribution in [2.75, 3.05) is 39.2 Å². The van der Waals surface area contributed by atoms with Crippen molar-refractivity contribution in [3.05, 3.63) is 33.9 Å². The van der Waals surface area contributed by atoms with Gasteiger partial charge in [0, 0.05) is 30.9 Å². The highest BCUT2D eigenvalue weighted by atomic mass is 16.6. The van der Waals surface area contributed by atoms with Crippen LogP contribution in [0.4, 0.5) is 11.4 Å². The summed E-state index contributed by atoms with van der Waals surface area (Å²) in [6.07, 6.45) is 2.17. The molecule has 1 atom stereocenters. The quantitative estimate of drug-likeness (QED) is 0.480. The van der Waals surface area contributed by atoms with Crippen LogP contribution in [0.15, 0.2) is 18.2 Å². The molecule has 1 saturated heterocycles. The molecule has 0 N–H and O–H groups in total. The number of ether oxygens (including phenoxy) is 1. The number of esters is 1. The molecule has 1 aromatic rings. The minimum Gasteiger partial charge on any atom is -0.465 e. The van der Waals surface area contributed by atoms with Gasteiger partial charge in [0.05, 0.1) is 12.0 Å². The second kappa shape index (κ2) is 6.74. The Morgan fingerprint density at radius 1 is 1.45 bits per heavy atom. The van der Waals surface area contributed by atoms with Crippen molar-refractivity contribution < 1.29 is 14.5 Å². The van der Waals surface area contributed by atoms with Crippen LogP contribution in [-0.2, 0) is 4.74 Å². The fraction of sp³-hybridized carbons (Fsp3) is 0.533. The molecule has 120 valence electrons. The van der Waals surface area contributed by atoms with Gasteiger partial charge in [-0.3, -0.25) is 10.1 Å². The van der Waals surface area contributed by atoms with Gasteiger partial charge in [0.15, 0.2) is 0 Å². The van der Waals surface area contributed by atoms with E-state index >= 15 is 0 Å². The molecule has 0 radical (unpaired) electrons. The van der Waals surface area contributed by atoms with E-state index in [-0.39, 0.29) is 11.3 Å². The normalized spacial score (nSPS) is 18.4. The maximum atomic E-state index is 11.8. The lowest BCUT2D eigenvalue weighted by atomic mass is 10.0. The van der Waals surface area contributed by atoms with Crippen LogP contribution in [0.2, 0.25) is 0 Å². The molecule has 1 heterocycles. The number of carbonyl (C=O) groups excluding carboxylic acids is 1. The topological polar surface area (TPSA) is 75.9 Å². The monoisotopic (exact) mass is 307 g/mol. The number of anilines is 1. The van der Waals surface area contributed by atoms with Gasteiger partial charge in [-0.25, -0.2) is 4.79 Å². The molecular weight excluding hydrogens is 286 g/mol. The first-order valence-corrected chi connectivity index (χ1v) is 7.22. The molecular formula is C15H21N3O4. The second-order valence-corrected chi connectivity index (χ2v) is 5.66. The molecule has 1 fully saturated rings. The van der Waals surface area contributed by atoms with E-state index in [4.69, 9.17) is 0 Å². The summed E-state index contributed by atoms with van der Waals surface area (Å²) in [4.78, 5) is 26.6. The Kier molecular flexibility index (Phi) is 4.97. The van der Waals surface area contributed by atoms with Gasteiger partial charge >= 0.3 is 5.97 Å². The van der Waals surface area contributed by atoms with Gasteiger partial charge in [-0.1, -0.05) is 0 Å². The molecule has 1 aromatic carbocycles. The number of rotatable bonds is 4. The number of piperidine rings is 1. The first-order chi connectivity index (χ1) is 10.4. The highest BCUT2D eigenvalue weighted by molar-refractivity contribution is 5.95. The molecule has 1 unspecified atom stereocenters. The summed E-state index contributed by atoms with van der Waals surface area (Å²) in [6.45, 7) is 1.72.